The minimum absolute atomic E-state index is 0.359. The Kier molecular flexibility index (Phi) is 2.68. The Morgan fingerprint density at radius 3 is 2.93 bits per heavy atom. The Balaban J connectivity index is 2.32. The standard InChI is InChI=1S/C12H10FNO/c13-12-6-5-10(4-3-9-1-2-9)11(7-12)8-14-15/h5-9,15H,1-2H2/b14-8+. The third-order valence-corrected chi connectivity index (χ3v) is 2.20. The maximum absolute atomic E-state index is 12.9. The third kappa shape index (κ3) is 2.57. The lowest BCUT2D eigenvalue weighted by Crippen LogP contribution is -1.90. The van der Waals surface area contributed by atoms with Gasteiger partial charge < -0.3 is 5.21 Å². The number of hydrogen-bond acceptors (Lipinski definition) is 2. The van der Waals surface area contributed by atoms with Crippen molar-refractivity contribution < 1.29 is 9.60 Å². The van der Waals surface area contributed by atoms with Crippen LogP contribution in [0.3, 0.4) is 0 Å². The minimum atomic E-state index is -0.359. The van der Waals surface area contributed by atoms with Gasteiger partial charge in [-0.05, 0) is 31.0 Å². The first-order chi connectivity index (χ1) is 7.29. The number of halogens is 1. The van der Waals surface area contributed by atoms with Gasteiger partial charge >= 0.3 is 0 Å². The van der Waals surface area contributed by atoms with Gasteiger partial charge in [-0.1, -0.05) is 17.0 Å². The summed E-state index contributed by atoms with van der Waals surface area (Å²) in [6, 6.07) is 4.25. The average Bonchev–Trinajstić information content (AvgIpc) is 3.01. The molecule has 15 heavy (non-hydrogen) atoms. The van der Waals surface area contributed by atoms with Gasteiger partial charge in [0.15, 0.2) is 0 Å². The molecule has 76 valence electrons. The molecular weight excluding hydrogens is 193 g/mol. The summed E-state index contributed by atoms with van der Waals surface area (Å²) < 4.78 is 12.9. The SMILES string of the molecule is O/N=C/c1cc(F)ccc1C#CC1CC1. The Bertz CT molecular complexity index is 452. The molecule has 0 aromatic heterocycles. The van der Waals surface area contributed by atoms with Gasteiger partial charge in [0.2, 0.25) is 0 Å². The topological polar surface area (TPSA) is 32.6 Å². The fraction of sp³-hybridized carbons (Fsp3) is 0.250. The molecule has 3 heteroatoms. The van der Waals surface area contributed by atoms with Crippen LogP contribution >= 0.6 is 0 Å². The van der Waals surface area contributed by atoms with E-state index in [1.165, 1.54) is 18.3 Å². The second kappa shape index (κ2) is 4.14. The van der Waals surface area contributed by atoms with Crippen LogP contribution in [0, 0.1) is 23.6 Å². The first-order valence-electron chi connectivity index (χ1n) is 4.78. The summed E-state index contributed by atoms with van der Waals surface area (Å²) in [4.78, 5) is 0. The lowest BCUT2D eigenvalue weighted by Gasteiger charge is -1.97. The molecule has 1 aliphatic rings. The summed E-state index contributed by atoms with van der Waals surface area (Å²) in [5.41, 5.74) is 1.20. The van der Waals surface area contributed by atoms with Gasteiger partial charge in [-0.25, -0.2) is 4.39 Å². The van der Waals surface area contributed by atoms with Crippen molar-refractivity contribution in [3.8, 4) is 11.8 Å². The summed E-state index contributed by atoms with van der Waals surface area (Å²) in [5, 5.41) is 11.3. The molecule has 2 nitrogen and oxygen atoms in total. The molecule has 0 heterocycles. The van der Waals surface area contributed by atoms with Crippen molar-refractivity contribution in [2.24, 2.45) is 11.1 Å². The number of hydrogen-bond donors (Lipinski definition) is 1. The quantitative estimate of drug-likeness (QED) is 0.323. The predicted octanol–water partition coefficient (Wildman–Crippen LogP) is 2.40. The highest BCUT2D eigenvalue weighted by Crippen LogP contribution is 2.27. The van der Waals surface area contributed by atoms with E-state index in [0.29, 0.717) is 17.0 Å². The van der Waals surface area contributed by atoms with Crippen molar-refractivity contribution in [3.05, 3.63) is 35.1 Å². The Hall–Kier alpha value is -1.82. The van der Waals surface area contributed by atoms with Crippen LogP contribution in [0.15, 0.2) is 23.4 Å². The van der Waals surface area contributed by atoms with Gasteiger partial charge in [0.25, 0.3) is 0 Å². The highest BCUT2D eigenvalue weighted by molar-refractivity contribution is 5.83. The maximum Gasteiger partial charge on any atom is 0.123 e. The van der Waals surface area contributed by atoms with Crippen molar-refractivity contribution in [1.29, 1.82) is 0 Å². The van der Waals surface area contributed by atoms with E-state index < -0.39 is 0 Å². The van der Waals surface area contributed by atoms with Crippen LogP contribution in [-0.2, 0) is 0 Å². The van der Waals surface area contributed by atoms with Gasteiger partial charge in [-0.2, -0.15) is 0 Å². The number of nitrogens with zero attached hydrogens (tertiary/aromatic N) is 1. The molecule has 1 aliphatic carbocycles. The van der Waals surface area contributed by atoms with Crippen molar-refractivity contribution in [1.82, 2.24) is 0 Å². The van der Waals surface area contributed by atoms with Gasteiger partial charge in [0.1, 0.15) is 5.82 Å². The van der Waals surface area contributed by atoms with E-state index >= 15 is 0 Å². The molecule has 1 fully saturated rings. The zero-order valence-corrected chi connectivity index (χ0v) is 8.07. The smallest absolute Gasteiger partial charge is 0.123 e. The number of oxime groups is 1. The fourth-order valence-corrected chi connectivity index (χ4v) is 1.22. The molecular formula is C12H10FNO. The van der Waals surface area contributed by atoms with Crippen LogP contribution in [0.25, 0.3) is 0 Å². The Morgan fingerprint density at radius 2 is 2.27 bits per heavy atom. The van der Waals surface area contributed by atoms with Crippen LogP contribution < -0.4 is 0 Å². The monoisotopic (exact) mass is 203 g/mol. The molecule has 0 saturated heterocycles. The van der Waals surface area contributed by atoms with Crippen LogP contribution in [0.1, 0.15) is 24.0 Å². The second-order valence-corrected chi connectivity index (χ2v) is 3.52. The van der Waals surface area contributed by atoms with Crippen LogP contribution in [0.4, 0.5) is 4.39 Å². The van der Waals surface area contributed by atoms with E-state index in [1.54, 1.807) is 6.07 Å². The molecule has 2 rings (SSSR count). The Labute approximate surface area is 87.4 Å². The van der Waals surface area contributed by atoms with Crippen LogP contribution in [0.5, 0.6) is 0 Å². The van der Waals surface area contributed by atoms with E-state index in [-0.39, 0.29) is 5.82 Å². The molecule has 1 saturated carbocycles. The van der Waals surface area contributed by atoms with Crippen molar-refractivity contribution >= 4 is 6.21 Å². The summed E-state index contributed by atoms with van der Waals surface area (Å²) in [5.74, 6) is 6.18. The largest absolute Gasteiger partial charge is 0.411 e. The molecule has 1 aromatic rings. The highest BCUT2D eigenvalue weighted by Gasteiger charge is 2.17. The molecule has 0 atom stereocenters. The number of benzene rings is 1. The summed E-state index contributed by atoms with van der Waals surface area (Å²) >= 11 is 0. The Morgan fingerprint density at radius 1 is 1.47 bits per heavy atom. The molecule has 1 aromatic carbocycles. The normalized spacial score (nSPS) is 15.0. The van der Waals surface area contributed by atoms with Crippen LogP contribution in [0.2, 0.25) is 0 Å². The van der Waals surface area contributed by atoms with Crippen LogP contribution in [-0.4, -0.2) is 11.4 Å². The summed E-state index contributed by atoms with van der Waals surface area (Å²) in [7, 11) is 0. The zero-order valence-electron chi connectivity index (χ0n) is 8.07. The molecule has 0 bridgehead atoms. The predicted molar refractivity (Wildman–Crippen MR) is 55.4 cm³/mol. The molecule has 0 aliphatic heterocycles. The molecule has 0 radical (unpaired) electrons. The molecule has 0 unspecified atom stereocenters. The fourth-order valence-electron chi connectivity index (χ4n) is 1.22. The van der Waals surface area contributed by atoms with Gasteiger partial charge in [0.05, 0.1) is 6.21 Å². The second-order valence-electron chi connectivity index (χ2n) is 3.52. The first-order valence-corrected chi connectivity index (χ1v) is 4.78. The van der Waals surface area contributed by atoms with Gasteiger partial charge in [-0.3, -0.25) is 0 Å². The lowest BCUT2D eigenvalue weighted by molar-refractivity contribution is 0.322. The molecule has 0 spiro atoms. The van der Waals surface area contributed by atoms with E-state index in [0.717, 1.165) is 12.8 Å². The number of rotatable bonds is 1. The zero-order chi connectivity index (χ0) is 10.7. The average molecular weight is 203 g/mol. The maximum atomic E-state index is 12.9. The summed E-state index contributed by atoms with van der Waals surface area (Å²) in [6.07, 6.45) is 3.50. The van der Waals surface area contributed by atoms with E-state index in [4.69, 9.17) is 5.21 Å². The van der Waals surface area contributed by atoms with Crippen molar-refractivity contribution in [2.75, 3.05) is 0 Å². The van der Waals surface area contributed by atoms with E-state index in [1.807, 2.05) is 0 Å². The molecule has 1 N–H and O–H groups in total. The van der Waals surface area contributed by atoms with Gasteiger partial charge in [-0.15, -0.1) is 0 Å². The third-order valence-electron chi connectivity index (χ3n) is 2.20. The minimum Gasteiger partial charge on any atom is -0.411 e. The van der Waals surface area contributed by atoms with Crippen molar-refractivity contribution in [2.45, 2.75) is 12.8 Å². The van der Waals surface area contributed by atoms with E-state index in [2.05, 4.69) is 17.0 Å². The molecule has 0 amide bonds. The van der Waals surface area contributed by atoms with Gasteiger partial charge in [0, 0.05) is 17.0 Å². The first kappa shape index (κ1) is 9.72. The van der Waals surface area contributed by atoms with Crippen molar-refractivity contribution in [3.63, 3.8) is 0 Å². The van der Waals surface area contributed by atoms with E-state index in [9.17, 15) is 4.39 Å². The summed E-state index contributed by atoms with van der Waals surface area (Å²) in [6.45, 7) is 0. The lowest BCUT2D eigenvalue weighted by atomic mass is 10.1. The highest BCUT2D eigenvalue weighted by atomic mass is 19.1.